The summed E-state index contributed by atoms with van der Waals surface area (Å²) in [5.41, 5.74) is 6.36. The summed E-state index contributed by atoms with van der Waals surface area (Å²) in [6.45, 7) is 4.26. The molecule has 3 rings (SSSR count). The molecule has 0 saturated carbocycles. The van der Waals surface area contributed by atoms with Crippen molar-refractivity contribution in [1.82, 2.24) is 0 Å². The smallest absolute Gasteiger partial charge is 0.126 e. The summed E-state index contributed by atoms with van der Waals surface area (Å²) in [4.78, 5) is 0. The van der Waals surface area contributed by atoms with Crippen molar-refractivity contribution in [3.05, 3.63) is 82.2 Å². The van der Waals surface area contributed by atoms with E-state index >= 15 is 0 Å². The molecule has 0 spiro atoms. The molecule has 0 nitrogen and oxygen atoms in total. The maximum Gasteiger partial charge on any atom is 0.126 e. The van der Waals surface area contributed by atoms with Crippen LogP contribution in [-0.4, -0.2) is 0 Å². The van der Waals surface area contributed by atoms with Crippen LogP contribution >= 0.6 is 0 Å². The van der Waals surface area contributed by atoms with Crippen molar-refractivity contribution >= 4 is 0 Å². The molecule has 0 amide bonds. The lowest BCUT2D eigenvalue weighted by atomic mass is 9.79. The largest absolute Gasteiger partial charge is 0.207 e. The third-order valence-electron chi connectivity index (χ3n) is 5.66. The molecule has 1 aliphatic carbocycles. The molecule has 0 radical (unpaired) electrons. The number of benzene rings is 2. The Morgan fingerprint density at radius 3 is 2.62 bits per heavy atom. The van der Waals surface area contributed by atoms with Crippen LogP contribution in [0.25, 0.3) is 0 Å². The van der Waals surface area contributed by atoms with Crippen LogP contribution in [0.1, 0.15) is 73.3 Å². The second-order valence-corrected chi connectivity index (χ2v) is 7.61. The van der Waals surface area contributed by atoms with Gasteiger partial charge in [-0.05, 0) is 91.7 Å². The summed E-state index contributed by atoms with van der Waals surface area (Å²) in [6, 6.07) is 12.9. The van der Waals surface area contributed by atoms with E-state index in [-0.39, 0.29) is 5.82 Å². The highest BCUT2D eigenvalue weighted by Gasteiger charge is 2.22. The number of halogens is 1. The summed E-state index contributed by atoms with van der Waals surface area (Å²) < 4.78 is 14.7. The number of hydrogen-bond donors (Lipinski definition) is 0. The summed E-state index contributed by atoms with van der Waals surface area (Å²) in [5, 5.41) is 0. The first-order valence-corrected chi connectivity index (χ1v) is 10.2. The fourth-order valence-corrected chi connectivity index (χ4v) is 4.08. The molecule has 2 aromatic rings. The Balaban J connectivity index is 1.70. The molecule has 1 unspecified atom stereocenters. The summed E-state index contributed by atoms with van der Waals surface area (Å²) in [5.74, 6) is 0.296. The van der Waals surface area contributed by atoms with Crippen LogP contribution in [0.4, 0.5) is 4.39 Å². The standard InChI is InChI=1S/C25H31F/c1-3-5-7-9-20-11-15-24(25(26)17-20)23-14-13-21-16-19(8-6-4-2)10-12-22(21)18-23/h3,5,10-12,15-17,23H,4,6-9,13-14,18H2,1-2H3/b5-3+. The lowest BCUT2D eigenvalue weighted by Gasteiger charge is -2.26. The van der Waals surface area contributed by atoms with Gasteiger partial charge in [0.25, 0.3) is 0 Å². The van der Waals surface area contributed by atoms with Gasteiger partial charge >= 0.3 is 0 Å². The minimum absolute atomic E-state index is 0.0176. The molecule has 138 valence electrons. The Hall–Kier alpha value is -1.89. The Labute approximate surface area is 158 Å². The molecule has 1 atom stereocenters. The fourth-order valence-electron chi connectivity index (χ4n) is 4.08. The number of rotatable bonds is 7. The molecule has 1 heteroatoms. The van der Waals surface area contributed by atoms with Crippen LogP contribution in [0, 0.1) is 5.82 Å². The monoisotopic (exact) mass is 350 g/mol. The number of fused-ring (bicyclic) bond motifs is 1. The van der Waals surface area contributed by atoms with E-state index in [1.54, 1.807) is 6.07 Å². The van der Waals surface area contributed by atoms with Crippen LogP contribution in [0.3, 0.4) is 0 Å². The van der Waals surface area contributed by atoms with Gasteiger partial charge in [0, 0.05) is 0 Å². The van der Waals surface area contributed by atoms with Crippen molar-refractivity contribution < 1.29 is 4.39 Å². The lowest BCUT2D eigenvalue weighted by molar-refractivity contribution is 0.532. The normalized spacial score (nSPS) is 16.8. The fraction of sp³-hybridized carbons (Fsp3) is 0.440. The lowest BCUT2D eigenvalue weighted by Crippen LogP contribution is -2.14. The van der Waals surface area contributed by atoms with Gasteiger partial charge in [0.15, 0.2) is 0 Å². The molecule has 0 aliphatic heterocycles. The number of hydrogen-bond acceptors (Lipinski definition) is 0. The van der Waals surface area contributed by atoms with Gasteiger partial charge in [0.05, 0.1) is 0 Å². The topological polar surface area (TPSA) is 0 Å². The summed E-state index contributed by atoms with van der Waals surface area (Å²) in [6.07, 6.45) is 12.9. The molecule has 2 aromatic carbocycles. The van der Waals surface area contributed by atoms with Gasteiger partial charge in [0.1, 0.15) is 5.82 Å². The van der Waals surface area contributed by atoms with Gasteiger partial charge in [0.2, 0.25) is 0 Å². The van der Waals surface area contributed by atoms with Gasteiger partial charge in [-0.2, -0.15) is 0 Å². The zero-order valence-electron chi connectivity index (χ0n) is 16.2. The van der Waals surface area contributed by atoms with Crippen LogP contribution in [0.15, 0.2) is 48.6 Å². The predicted molar refractivity (Wildman–Crippen MR) is 109 cm³/mol. The van der Waals surface area contributed by atoms with E-state index in [1.807, 2.05) is 13.0 Å². The summed E-state index contributed by atoms with van der Waals surface area (Å²) in [7, 11) is 0. The first kappa shape index (κ1) is 18.9. The second kappa shape index (κ2) is 9.16. The van der Waals surface area contributed by atoms with Gasteiger partial charge in [-0.1, -0.05) is 55.8 Å². The average Bonchev–Trinajstić information content (AvgIpc) is 2.66. The van der Waals surface area contributed by atoms with E-state index in [1.165, 1.54) is 36.0 Å². The minimum atomic E-state index is -0.0176. The zero-order chi connectivity index (χ0) is 18.4. The Morgan fingerprint density at radius 2 is 1.85 bits per heavy atom. The van der Waals surface area contributed by atoms with E-state index in [4.69, 9.17) is 0 Å². The molecule has 0 N–H and O–H groups in total. The molecule has 0 aromatic heterocycles. The molecule has 26 heavy (non-hydrogen) atoms. The highest BCUT2D eigenvalue weighted by Crippen LogP contribution is 2.34. The highest BCUT2D eigenvalue weighted by molar-refractivity contribution is 5.38. The molecule has 0 heterocycles. The van der Waals surface area contributed by atoms with Crippen molar-refractivity contribution in [2.45, 2.75) is 71.1 Å². The van der Waals surface area contributed by atoms with Crippen LogP contribution in [0.5, 0.6) is 0 Å². The van der Waals surface area contributed by atoms with Crippen LogP contribution in [0.2, 0.25) is 0 Å². The predicted octanol–water partition coefficient (Wildman–Crippen LogP) is 6.95. The molecular weight excluding hydrogens is 319 g/mol. The zero-order valence-corrected chi connectivity index (χ0v) is 16.2. The molecule has 0 fully saturated rings. The Morgan fingerprint density at radius 1 is 1.04 bits per heavy atom. The van der Waals surface area contributed by atoms with E-state index in [0.717, 1.165) is 43.2 Å². The Kier molecular flexibility index (Phi) is 6.66. The maximum absolute atomic E-state index is 14.7. The highest BCUT2D eigenvalue weighted by atomic mass is 19.1. The van der Waals surface area contributed by atoms with Crippen molar-refractivity contribution in [3.8, 4) is 0 Å². The average molecular weight is 351 g/mol. The Bertz CT molecular complexity index is 757. The molecule has 0 bridgehead atoms. The van der Waals surface area contributed by atoms with Gasteiger partial charge in [-0.15, -0.1) is 0 Å². The van der Waals surface area contributed by atoms with Crippen molar-refractivity contribution in [1.29, 1.82) is 0 Å². The van der Waals surface area contributed by atoms with E-state index < -0.39 is 0 Å². The first-order chi connectivity index (χ1) is 12.7. The molecule has 1 aliphatic rings. The number of unbranched alkanes of at least 4 members (excludes halogenated alkanes) is 1. The quantitative estimate of drug-likeness (QED) is 0.474. The van der Waals surface area contributed by atoms with E-state index in [0.29, 0.717) is 5.92 Å². The van der Waals surface area contributed by atoms with Crippen molar-refractivity contribution in [3.63, 3.8) is 0 Å². The molecule has 0 saturated heterocycles. The third-order valence-corrected chi connectivity index (χ3v) is 5.66. The van der Waals surface area contributed by atoms with E-state index in [2.05, 4.69) is 43.3 Å². The van der Waals surface area contributed by atoms with Crippen molar-refractivity contribution in [2.75, 3.05) is 0 Å². The first-order valence-electron chi connectivity index (χ1n) is 10.2. The van der Waals surface area contributed by atoms with Gasteiger partial charge < -0.3 is 0 Å². The molecular formula is C25H31F. The van der Waals surface area contributed by atoms with Gasteiger partial charge in [-0.3, -0.25) is 0 Å². The SMILES string of the molecule is C/C=C/CCc1ccc(C2CCc3cc(CCCC)ccc3C2)c(F)c1. The van der Waals surface area contributed by atoms with E-state index in [9.17, 15) is 4.39 Å². The third kappa shape index (κ3) is 4.63. The van der Waals surface area contributed by atoms with Crippen LogP contribution < -0.4 is 0 Å². The van der Waals surface area contributed by atoms with Crippen molar-refractivity contribution in [2.24, 2.45) is 0 Å². The summed E-state index contributed by atoms with van der Waals surface area (Å²) >= 11 is 0. The maximum atomic E-state index is 14.7. The number of allylic oxidation sites excluding steroid dienone is 2. The minimum Gasteiger partial charge on any atom is -0.207 e. The van der Waals surface area contributed by atoms with Crippen LogP contribution in [-0.2, 0) is 25.7 Å². The van der Waals surface area contributed by atoms with Gasteiger partial charge in [-0.25, -0.2) is 4.39 Å². The second-order valence-electron chi connectivity index (χ2n) is 7.61. The number of aryl methyl sites for hydroxylation is 3.